The molecule has 0 saturated carbocycles. The predicted molar refractivity (Wildman–Crippen MR) is 60.1 cm³/mol. The minimum atomic E-state index is 0.860. The second-order valence-electron chi connectivity index (χ2n) is 2.41. The van der Waals surface area contributed by atoms with Crippen molar-refractivity contribution in [3.8, 4) is 0 Å². The van der Waals surface area contributed by atoms with E-state index in [1.165, 1.54) is 12.0 Å². The molecule has 0 spiro atoms. The summed E-state index contributed by atoms with van der Waals surface area (Å²) in [5, 5.41) is 0. The lowest BCUT2D eigenvalue weighted by Crippen LogP contribution is -2.10. The molecule has 1 N–H and O–H groups in total. The van der Waals surface area contributed by atoms with Crippen LogP contribution >= 0.6 is 12.0 Å². The van der Waals surface area contributed by atoms with Gasteiger partial charge in [0.05, 0.1) is 12.0 Å². The van der Waals surface area contributed by atoms with E-state index in [1.54, 1.807) is 0 Å². The molecule has 0 amide bonds. The van der Waals surface area contributed by atoms with Gasteiger partial charge in [-0.1, -0.05) is 31.7 Å². The first-order valence-electron chi connectivity index (χ1n) is 4.36. The number of hydrogen-bond acceptors (Lipinski definition) is 3. The molecule has 74 valence electrons. The zero-order valence-electron chi connectivity index (χ0n) is 8.25. The maximum absolute atomic E-state index is 5.06. The summed E-state index contributed by atoms with van der Waals surface area (Å²) in [6, 6.07) is 0. The van der Waals surface area contributed by atoms with E-state index in [9.17, 15) is 0 Å². The van der Waals surface area contributed by atoms with Gasteiger partial charge >= 0.3 is 0 Å². The zero-order chi connectivity index (χ0) is 9.94. The van der Waals surface area contributed by atoms with Crippen molar-refractivity contribution in [1.29, 1.82) is 0 Å². The monoisotopic (exact) mass is 199 g/mol. The minimum absolute atomic E-state index is 0.860. The number of hydrogen-bond donors (Lipinski definition) is 1. The molecule has 0 aromatic rings. The summed E-state index contributed by atoms with van der Waals surface area (Å²) in [5.74, 6) is 0. The molecule has 0 unspecified atom stereocenters. The highest BCUT2D eigenvalue weighted by Gasteiger charge is 1.89. The van der Waals surface area contributed by atoms with Crippen LogP contribution in [0.25, 0.3) is 0 Å². The van der Waals surface area contributed by atoms with Gasteiger partial charge in [-0.25, -0.2) is 4.28 Å². The highest BCUT2D eigenvalue weighted by Crippen LogP contribution is 2.13. The molecule has 0 heterocycles. The van der Waals surface area contributed by atoms with E-state index in [1.807, 2.05) is 31.2 Å². The Kier molecular flexibility index (Phi) is 9.20. The highest BCUT2D eigenvalue weighted by atomic mass is 32.2. The summed E-state index contributed by atoms with van der Waals surface area (Å²) in [6.45, 7) is 8.72. The lowest BCUT2D eigenvalue weighted by Gasteiger charge is -2.01. The molecular formula is C10H17NOS. The molecule has 0 aromatic heterocycles. The van der Waals surface area contributed by atoms with Crippen LogP contribution in [0, 0.1) is 0 Å². The summed E-state index contributed by atoms with van der Waals surface area (Å²) >= 11 is 1.24. The topological polar surface area (TPSA) is 21.3 Å². The Balaban J connectivity index is 3.40. The summed E-state index contributed by atoms with van der Waals surface area (Å²) in [4.78, 5) is 0.877. The molecule has 0 aromatic carbocycles. The Morgan fingerprint density at radius 1 is 1.54 bits per heavy atom. The SMILES string of the molecule is C=C(/C=C\C=C/C)SONCCC. The standard InChI is InChI=1S/C10H17NOS/c1-4-6-7-8-10(3)13-12-11-9-5-2/h4,6-8,11H,3,5,9H2,1-2H3/b6-4-,8-7-. The fraction of sp³-hybridized carbons (Fsp3) is 0.400. The van der Waals surface area contributed by atoms with Crippen molar-refractivity contribution in [2.24, 2.45) is 0 Å². The summed E-state index contributed by atoms with van der Waals surface area (Å²) in [7, 11) is 0. The van der Waals surface area contributed by atoms with Crippen LogP contribution in [0.15, 0.2) is 35.8 Å². The van der Waals surface area contributed by atoms with Gasteiger partial charge in [-0.15, -0.1) is 0 Å². The minimum Gasteiger partial charge on any atom is -0.226 e. The van der Waals surface area contributed by atoms with Crippen LogP contribution in [-0.2, 0) is 4.28 Å². The van der Waals surface area contributed by atoms with Crippen LogP contribution < -0.4 is 5.48 Å². The van der Waals surface area contributed by atoms with E-state index >= 15 is 0 Å². The average Bonchev–Trinajstić information content (AvgIpc) is 2.13. The lowest BCUT2D eigenvalue weighted by atomic mass is 10.4. The largest absolute Gasteiger partial charge is 0.226 e. The Labute approximate surface area is 84.9 Å². The fourth-order valence-electron chi connectivity index (χ4n) is 0.528. The third kappa shape index (κ3) is 9.40. The summed E-state index contributed by atoms with van der Waals surface area (Å²) in [5.41, 5.74) is 2.81. The van der Waals surface area contributed by atoms with E-state index < -0.39 is 0 Å². The molecule has 0 aliphatic carbocycles. The quantitative estimate of drug-likeness (QED) is 0.294. The van der Waals surface area contributed by atoms with Gasteiger partial charge in [0.1, 0.15) is 0 Å². The normalized spacial score (nSPS) is 11.5. The molecule has 0 bridgehead atoms. The molecule has 13 heavy (non-hydrogen) atoms. The van der Waals surface area contributed by atoms with Gasteiger partial charge in [0.2, 0.25) is 0 Å². The Hall–Kier alpha value is -0.510. The van der Waals surface area contributed by atoms with Crippen LogP contribution in [0.1, 0.15) is 20.3 Å². The maximum Gasteiger partial charge on any atom is 0.0518 e. The van der Waals surface area contributed by atoms with E-state index in [0.717, 1.165) is 17.9 Å². The van der Waals surface area contributed by atoms with Crippen molar-refractivity contribution in [2.45, 2.75) is 20.3 Å². The molecule has 0 saturated heterocycles. The number of allylic oxidation sites excluding steroid dienone is 4. The molecule has 0 aliphatic rings. The Morgan fingerprint density at radius 2 is 2.31 bits per heavy atom. The molecule has 2 nitrogen and oxygen atoms in total. The lowest BCUT2D eigenvalue weighted by molar-refractivity contribution is 0.240. The van der Waals surface area contributed by atoms with Crippen LogP contribution in [0.4, 0.5) is 0 Å². The van der Waals surface area contributed by atoms with Gasteiger partial charge < -0.3 is 0 Å². The highest BCUT2D eigenvalue weighted by molar-refractivity contribution is 7.98. The number of nitrogens with one attached hydrogen (secondary N) is 1. The molecular weight excluding hydrogens is 182 g/mol. The first kappa shape index (κ1) is 12.5. The zero-order valence-corrected chi connectivity index (χ0v) is 9.06. The Bertz CT molecular complexity index is 187. The maximum atomic E-state index is 5.06. The second kappa shape index (κ2) is 9.58. The van der Waals surface area contributed by atoms with Gasteiger partial charge in [0.15, 0.2) is 0 Å². The fourth-order valence-corrected chi connectivity index (χ4v) is 0.912. The second-order valence-corrected chi connectivity index (χ2v) is 3.27. The first-order valence-corrected chi connectivity index (χ1v) is 5.10. The van der Waals surface area contributed by atoms with E-state index in [0.29, 0.717) is 0 Å². The third-order valence-electron chi connectivity index (χ3n) is 1.15. The van der Waals surface area contributed by atoms with Crippen LogP contribution in [-0.4, -0.2) is 6.54 Å². The third-order valence-corrected chi connectivity index (χ3v) is 1.70. The average molecular weight is 199 g/mol. The smallest absolute Gasteiger partial charge is 0.0518 e. The van der Waals surface area contributed by atoms with Gasteiger partial charge in [0, 0.05) is 11.4 Å². The molecule has 0 atom stereocenters. The predicted octanol–water partition coefficient (Wildman–Crippen LogP) is 3.21. The number of hydroxylamine groups is 1. The van der Waals surface area contributed by atoms with Gasteiger partial charge in [-0.3, -0.25) is 0 Å². The summed E-state index contributed by atoms with van der Waals surface area (Å²) in [6.07, 6.45) is 8.80. The van der Waals surface area contributed by atoms with Crippen molar-refractivity contribution in [2.75, 3.05) is 6.54 Å². The van der Waals surface area contributed by atoms with Crippen LogP contribution in [0.3, 0.4) is 0 Å². The molecule has 0 radical (unpaired) electrons. The Morgan fingerprint density at radius 3 is 2.92 bits per heavy atom. The van der Waals surface area contributed by atoms with Gasteiger partial charge in [-0.2, -0.15) is 5.48 Å². The number of rotatable bonds is 7. The molecule has 0 rings (SSSR count). The van der Waals surface area contributed by atoms with Crippen molar-refractivity contribution < 1.29 is 4.28 Å². The van der Waals surface area contributed by atoms with Gasteiger partial charge in [0.25, 0.3) is 0 Å². The van der Waals surface area contributed by atoms with E-state index in [2.05, 4.69) is 19.0 Å². The summed E-state index contributed by atoms with van der Waals surface area (Å²) < 4.78 is 5.06. The van der Waals surface area contributed by atoms with Crippen molar-refractivity contribution in [3.05, 3.63) is 35.8 Å². The first-order chi connectivity index (χ1) is 6.31. The van der Waals surface area contributed by atoms with Gasteiger partial charge in [-0.05, 0) is 19.4 Å². The molecule has 0 aliphatic heterocycles. The van der Waals surface area contributed by atoms with Crippen molar-refractivity contribution >= 4 is 12.0 Å². The van der Waals surface area contributed by atoms with E-state index in [4.69, 9.17) is 4.28 Å². The van der Waals surface area contributed by atoms with Crippen molar-refractivity contribution in [1.82, 2.24) is 5.48 Å². The molecule has 0 fully saturated rings. The van der Waals surface area contributed by atoms with Crippen molar-refractivity contribution in [3.63, 3.8) is 0 Å². The van der Waals surface area contributed by atoms with Crippen LogP contribution in [0.2, 0.25) is 0 Å². The van der Waals surface area contributed by atoms with E-state index in [-0.39, 0.29) is 0 Å². The molecule has 3 heteroatoms. The van der Waals surface area contributed by atoms with Crippen LogP contribution in [0.5, 0.6) is 0 Å².